The lowest BCUT2D eigenvalue weighted by atomic mass is 9.95. The second kappa shape index (κ2) is 4.86. The second-order valence-corrected chi connectivity index (χ2v) is 5.01. The lowest BCUT2D eigenvalue weighted by Crippen LogP contribution is -2.50. The molecule has 1 atom stereocenters. The van der Waals surface area contributed by atoms with Gasteiger partial charge in [0.2, 0.25) is 0 Å². The molecule has 2 N–H and O–H groups in total. The zero-order chi connectivity index (χ0) is 13.3. The number of ether oxygens (including phenoxy) is 1. The van der Waals surface area contributed by atoms with Gasteiger partial charge in [0, 0.05) is 13.1 Å². The fourth-order valence-electron chi connectivity index (χ4n) is 2.57. The fourth-order valence-corrected chi connectivity index (χ4v) is 2.57. The Morgan fingerprint density at radius 1 is 1.42 bits per heavy atom. The highest BCUT2D eigenvalue weighted by Crippen LogP contribution is 2.31. The van der Waals surface area contributed by atoms with Crippen LogP contribution in [0.1, 0.15) is 38.6 Å². The van der Waals surface area contributed by atoms with Gasteiger partial charge in [0.1, 0.15) is 23.8 Å². The van der Waals surface area contributed by atoms with Crippen LogP contribution in [-0.2, 0) is 4.74 Å². The number of morpholine rings is 1. The predicted molar refractivity (Wildman–Crippen MR) is 71.7 cm³/mol. The third-order valence-corrected chi connectivity index (χ3v) is 3.94. The van der Waals surface area contributed by atoms with E-state index in [9.17, 15) is 0 Å². The van der Waals surface area contributed by atoms with Crippen LogP contribution in [0.15, 0.2) is 12.5 Å². The molecule has 1 saturated heterocycles. The smallest absolute Gasteiger partial charge is 0.180 e. The summed E-state index contributed by atoms with van der Waals surface area (Å²) in [6, 6.07) is 0. The zero-order valence-corrected chi connectivity index (χ0v) is 11.3. The minimum atomic E-state index is -0.0897. The molecule has 1 aliphatic rings. The number of nitrogens with one attached hydrogen (secondary N) is 2. The number of H-pyrrole nitrogens is 1. The third kappa shape index (κ3) is 2.21. The summed E-state index contributed by atoms with van der Waals surface area (Å²) < 4.78 is 6.28. The Morgan fingerprint density at radius 2 is 2.26 bits per heavy atom. The summed E-state index contributed by atoms with van der Waals surface area (Å²) in [5.74, 6) is 0.828. The lowest BCUT2D eigenvalue weighted by Gasteiger charge is -2.40. The van der Waals surface area contributed by atoms with Crippen LogP contribution >= 0.6 is 0 Å². The molecule has 2 aromatic heterocycles. The van der Waals surface area contributed by atoms with Crippen LogP contribution in [0.3, 0.4) is 0 Å². The molecule has 2 aromatic rings. The highest BCUT2D eigenvalue weighted by Gasteiger charge is 2.35. The molecule has 0 amide bonds. The van der Waals surface area contributed by atoms with E-state index in [0.717, 1.165) is 37.3 Å². The van der Waals surface area contributed by atoms with Crippen molar-refractivity contribution in [1.29, 1.82) is 0 Å². The number of aromatic amines is 1. The molecule has 102 valence electrons. The monoisotopic (exact) mass is 261 g/mol. The molecule has 0 aliphatic carbocycles. The van der Waals surface area contributed by atoms with E-state index in [-0.39, 0.29) is 11.7 Å². The van der Waals surface area contributed by atoms with Crippen LogP contribution < -0.4 is 5.32 Å². The summed E-state index contributed by atoms with van der Waals surface area (Å²) >= 11 is 0. The number of hydrogen-bond donors (Lipinski definition) is 2. The van der Waals surface area contributed by atoms with Crippen molar-refractivity contribution < 1.29 is 4.74 Å². The standard InChI is InChI=1S/C13H19N5O/c1-3-13(4-2)7-14-6-10(19-13)12-17-9-5-15-8-16-11(9)18-12/h5,8,10,14H,3-4,6-7H2,1-2H3,(H,15,16,17,18). The fraction of sp³-hybridized carbons (Fsp3) is 0.615. The summed E-state index contributed by atoms with van der Waals surface area (Å²) in [6.07, 6.45) is 5.18. The number of rotatable bonds is 3. The van der Waals surface area contributed by atoms with E-state index in [1.807, 2.05) is 0 Å². The average molecular weight is 261 g/mol. The minimum absolute atomic E-state index is 0.0529. The van der Waals surface area contributed by atoms with Gasteiger partial charge < -0.3 is 15.0 Å². The number of hydrogen-bond acceptors (Lipinski definition) is 5. The van der Waals surface area contributed by atoms with Crippen LogP contribution in [0, 0.1) is 0 Å². The van der Waals surface area contributed by atoms with E-state index >= 15 is 0 Å². The van der Waals surface area contributed by atoms with E-state index < -0.39 is 0 Å². The first kappa shape index (κ1) is 12.5. The van der Waals surface area contributed by atoms with Crippen molar-refractivity contribution in [2.24, 2.45) is 0 Å². The largest absolute Gasteiger partial charge is 0.361 e. The van der Waals surface area contributed by atoms with Crippen molar-refractivity contribution in [3.63, 3.8) is 0 Å². The first-order valence-electron chi connectivity index (χ1n) is 6.80. The van der Waals surface area contributed by atoms with E-state index in [4.69, 9.17) is 4.74 Å². The molecule has 6 nitrogen and oxygen atoms in total. The maximum Gasteiger partial charge on any atom is 0.180 e. The van der Waals surface area contributed by atoms with Gasteiger partial charge in [-0.3, -0.25) is 0 Å². The molecule has 19 heavy (non-hydrogen) atoms. The molecule has 1 fully saturated rings. The molecular formula is C13H19N5O. The summed E-state index contributed by atoms with van der Waals surface area (Å²) in [5.41, 5.74) is 1.45. The zero-order valence-electron chi connectivity index (χ0n) is 11.3. The highest BCUT2D eigenvalue weighted by atomic mass is 16.5. The van der Waals surface area contributed by atoms with Gasteiger partial charge in [-0.05, 0) is 12.8 Å². The topological polar surface area (TPSA) is 75.7 Å². The maximum atomic E-state index is 6.28. The van der Waals surface area contributed by atoms with Crippen LogP contribution in [0.25, 0.3) is 11.2 Å². The molecule has 0 spiro atoms. The molecule has 3 heterocycles. The van der Waals surface area contributed by atoms with Crippen molar-refractivity contribution in [2.75, 3.05) is 13.1 Å². The SMILES string of the molecule is CCC1(CC)CNCC(c2nc3ncncc3[nH]2)O1. The van der Waals surface area contributed by atoms with E-state index in [1.54, 1.807) is 6.20 Å². The van der Waals surface area contributed by atoms with Gasteiger partial charge in [0.15, 0.2) is 5.65 Å². The minimum Gasteiger partial charge on any atom is -0.361 e. The Bertz CT molecular complexity index is 530. The molecule has 0 aromatic carbocycles. The Hall–Kier alpha value is -1.53. The van der Waals surface area contributed by atoms with Gasteiger partial charge in [-0.25, -0.2) is 15.0 Å². The molecule has 0 bridgehead atoms. The second-order valence-electron chi connectivity index (χ2n) is 5.01. The molecular weight excluding hydrogens is 242 g/mol. The number of imidazole rings is 1. The third-order valence-electron chi connectivity index (χ3n) is 3.94. The first-order valence-corrected chi connectivity index (χ1v) is 6.80. The molecule has 0 saturated carbocycles. The summed E-state index contributed by atoms with van der Waals surface area (Å²) in [7, 11) is 0. The van der Waals surface area contributed by atoms with E-state index in [2.05, 4.69) is 39.1 Å². The van der Waals surface area contributed by atoms with E-state index in [1.165, 1.54) is 6.33 Å². The first-order chi connectivity index (χ1) is 9.26. The maximum absolute atomic E-state index is 6.28. The summed E-state index contributed by atoms with van der Waals surface area (Å²) in [6.45, 7) is 6.00. The van der Waals surface area contributed by atoms with Crippen molar-refractivity contribution >= 4 is 11.2 Å². The number of nitrogens with zero attached hydrogens (tertiary/aromatic N) is 3. The quantitative estimate of drug-likeness (QED) is 0.877. The Morgan fingerprint density at radius 3 is 3.00 bits per heavy atom. The van der Waals surface area contributed by atoms with Crippen LogP contribution in [0.5, 0.6) is 0 Å². The van der Waals surface area contributed by atoms with Crippen LogP contribution in [0.4, 0.5) is 0 Å². The Labute approximate surface area is 112 Å². The Kier molecular flexibility index (Phi) is 3.20. The highest BCUT2D eigenvalue weighted by molar-refractivity contribution is 5.68. The summed E-state index contributed by atoms with van der Waals surface area (Å²) in [4.78, 5) is 15.9. The van der Waals surface area contributed by atoms with Gasteiger partial charge in [0.05, 0.1) is 11.8 Å². The van der Waals surface area contributed by atoms with Crippen molar-refractivity contribution in [1.82, 2.24) is 25.3 Å². The molecule has 3 rings (SSSR count). The van der Waals surface area contributed by atoms with E-state index in [0.29, 0.717) is 5.65 Å². The van der Waals surface area contributed by atoms with Crippen LogP contribution in [0.2, 0.25) is 0 Å². The molecule has 0 radical (unpaired) electrons. The van der Waals surface area contributed by atoms with Gasteiger partial charge in [-0.2, -0.15) is 0 Å². The van der Waals surface area contributed by atoms with Crippen molar-refractivity contribution in [3.05, 3.63) is 18.3 Å². The van der Waals surface area contributed by atoms with Gasteiger partial charge in [-0.15, -0.1) is 0 Å². The average Bonchev–Trinajstić information content (AvgIpc) is 2.91. The van der Waals surface area contributed by atoms with Crippen molar-refractivity contribution in [3.8, 4) is 0 Å². The normalized spacial score (nSPS) is 22.7. The van der Waals surface area contributed by atoms with Crippen LogP contribution in [-0.4, -0.2) is 38.6 Å². The van der Waals surface area contributed by atoms with Gasteiger partial charge in [0.25, 0.3) is 0 Å². The predicted octanol–water partition coefficient (Wildman–Crippen LogP) is 1.57. The molecule has 6 heteroatoms. The lowest BCUT2D eigenvalue weighted by molar-refractivity contribution is -0.125. The van der Waals surface area contributed by atoms with Crippen molar-refractivity contribution in [2.45, 2.75) is 38.4 Å². The molecule has 1 unspecified atom stereocenters. The molecule has 1 aliphatic heterocycles. The van der Waals surface area contributed by atoms with Gasteiger partial charge >= 0.3 is 0 Å². The Balaban J connectivity index is 1.89. The number of aromatic nitrogens is 4. The number of fused-ring (bicyclic) bond motifs is 1. The summed E-state index contributed by atoms with van der Waals surface area (Å²) in [5, 5.41) is 3.45. The van der Waals surface area contributed by atoms with Gasteiger partial charge in [-0.1, -0.05) is 13.8 Å².